The van der Waals surface area contributed by atoms with E-state index < -0.39 is 0 Å². The van der Waals surface area contributed by atoms with Gasteiger partial charge < -0.3 is 4.90 Å². The van der Waals surface area contributed by atoms with Gasteiger partial charge in [-0.15, -0.1) is 0 Å². The van der Waals surface area contributed by atoms with E-state index in [9.17, 15) is 0 Å². The molecule has 1 aromatic rings. The van der Waals surface area contributed by atoms with Gasteiger partial charge in [0.15, 0.2) is 0 Å². The Hall–Kier alpha value is -1.50. The van der Waals surface area contributed by atoms with Crippen LogP contribution in [0.1, 0.15) is 64.6 Å². The number of benzene rings is 1. The van der Waals surface area contributed by atoms with Gasteiger partial charge in [-0.3, -0.25) is 0 Å². The van der Waals surface area contributed by atoms with Crippen molar-refractivity contribution in [2.45, 2.75) is 59.0 Å². The molecule has 2 aliphatic heterocycles. The summed E-state index contributed by atoms with van der Waals surface area (Å²) >= 11 is 0. The molecule has 0 N–H and O–H groups in total. The first-order valence-electron chi connectivity index (χ1n) is 10.1. The summed E-state index contributed by atoms with van der Waals surface area (Å²) in [5.41, 5.74) is 4.08. The molecule has 6 unspecified atom stereocenters. The van der Waals surface area contributed by atoms with Gasteiger partial charge >= 0.3 is 0 Å². The molecule has 5 rings (SSSR count). The molecule has 25 heavy (non-hydrogen) atoms. The first kappa shape index (κ1) is 15.7. The highest BCUT2D eigenvalue weighted by Gasteiger charge is 2.73. The number of hydrogen-bond donors (Lipinski definition) is 0. The fraction of sp³-hybridized carbons (Fsp3) is 0.583. The number of nitrogens with zero attached hydrogens (tertiary/aromatic N) is 1. The van der Waals surface area contributed by atoms with E-state index in [2.05, 4.69) is 88.2 Å². The third-order valence-corrected chi connectivity index (χ3v) is 8.74. The summed E-state index contributed by atoms with van der Waals surface area (Å²) in [7, 11) is 0. The van der Waals surface area contributed by atoms with Crippen molar-refractivity contribution in [1.82, 2.24) is 4.90 Å². The summed E-state index contributed by atoms with van der Waals surface area (Å²) in [6, 6.07) is 9.56. The second kappa shape index (κ2) is 4.61. The van der Waals surface area contributed by atoms with Crippen LogP contribution in [-0.4, -0.2) is 10.4 Å². The van der Waals surface area contributed by atoms with Gasteiger partial charge in [0, 0.05) is 17.7 Å². The molecule has 0 radical (unpaired) electrons. The van der Waals surface area contributed by atoms with Gasteiger partial charge in [0.25, 0.3) is 0 Å². The largest absolute Gasteiger partial charge is 0.364 e. The Morgan fingerprint density at radius 1 is 1.12 bits per heavy atom. The quantitative estimate of drug-likeness (QED) is 0.565. The molecule has 0 aromatic heterocycles. The zero-order valence-electron chi connectivity index (χ0n) is 16.3. The average Bonchev–Trinajstić information content (AvgIpc) is 3.19. The molecule has 1 nitrogen and oxygen atoms in total. The zero-order chi connectivity index (χ0) is 17.6. The third kappa shape index (κ3) is 1.80. The van der Waals surface area contributed by atoms with E-state index in [0.717, 1.165) is 5.92 Å². The van der Waals surface area contributed by atoms with Crippen molar-refractivity contribution in [2.75, 3.05) is 0 Å². The Kier molecular flexibility index (Phi) is 2.90. The van der Waals surface area contributed by atoms with Crippen LogP contribution in [0.5, 0.6) is 0 Å². The minimum absolute atomic E-state index is 0.325. The molecule has 0 amide bonds. The molecule has 6 atom stereocenters. The lowest BCUT2D eigenvalue weighted by Crippen LogP contribution is -2.53. The van der Waals surface area contributed by atoms with Gasteiger partial charge in [-0.2, -0.15) is 0 Å². The zero-order valence-corrected chi connectivity index (χ0v) is 16.3. The number of fused-ring (bicyclic) bond motifs is 8. The van der Waals surface area contributed by atoms with E-state index in [4.69, 9.17) is 0 Å². The van der Waals surface area contributed by atoms with Crippen molar-refractivity contribution in [2.24, 2.45) is 28.6 Å². The van der Waals surface area contributed by atoms with Gasteiger partial charge in [-0.05, 0) is 59.6 Å². The van der Waals surface area contributed by atoms with E-state index in [1.165, 1.54) is 24.0 Å². The molecule has 132 valence electrons. The van der Waals surface area contributed by atoms with E-state index in [-0.39, 0.29) is 0 Å². The van der Waals surface area contributed by atoms with Crippen LogP contribution in [0.4, 0.5) is 0 Å². The summed E-state index contributed by atoms with van der Waals surface area (Å²) in [6.07, 6.45) is 12.6. The summed E-state index contributed by atoms with van der Waals surface area (Å²) in [5.74, 6) is 2.13. The van der Waals surface area contributed by atoms with Gasteiger partial charge in [-0.25, -0.2) is 0 Å². The van der Waals surface area contributed by atoms with Crippen LogP contribution in [-0.2, 0) is 0 Å². The highest BCUT2D eigenvalue weighted by molar-refractivity contribution is 5.59. The van der Waals surface area contributed by atoms with Crippen LogP contribution in [0.15, 0.2) is 42.6 Å². The molecule has 1 aromatic carbocycles. The van der Waals surface area contributed by atoms with Gasteiger partial charge in [0.2, 0.25) is 0 Å². The maximum absolute atomic E-state index is 2.72. The van der Waals surface area contributed by atoms with Gasteiger partial charge in [0.1, 0.15) is 0 Å². The minimum Gasteiger partial charge on any atom is -0.364 e. The molecule has 1 saturated heterocycles. The SMILES string of the molecule is CC(C)C1(C)C=CC2C3c4ccccc4C=CN3C3(C)CC3(C)C2C1. The lowest BCUT2D eigenvalue weighted by Gasteiger charge is -2.56. The lowest BCUT2D eigenvalue weighted by molar-refractivity contribution is -0.0132. The van der Waals surface area contributed by atoms with Crippen LogP contribution in [0.25, 0.3) is 6.08 Å². The van der Waals surface area contributed by atoms with E-state index in [1.807, 2.05) is 0 Å². The molecule has 0 bridgehead atoms. The summed E-state index contributed by atoms with van der Waals surface area (Å²) in [4.78, 5) is 2.72. The second-order valence-corrected chi connectivity index (χ2v) is 10.1. The van der Waals surface area contributed by atoms with E-state index in [0.29, 0.717) is 34.2 Å². The van der Waals surface area contributed by atoms with E-state index in [1.54, 1.807) is 0 Å². The molecule has 1 heteroatoms. The summed E-state index contributed by atoms with van der Waals surface area (Å²) in [6.45, 7) is 12.4. The predicted molar refractivity (Wildman–Crippen MR) is 105 cm³/mol. The monoisotopic (exact) mass is 333 g/mol. The highest BCUT2D eigenvalue weighted by atomic mass is 15.3. The number of allylic oxidation sites excluding steroid dienone is 1. The van der Waals surface area contributed by atoms with Crippen LogP contribution in [0.2, 0.25) is 0 Å². The molecular weight excluding hydrogens is 302 g/mol. The fourth-order valence-corrected chi connectivity index (χ4v) is 6.33. The van der Waals surface area contributed by atoms with Gasteiger partial charge in [0.05, 0.1) is 6.04 Å². The summed E-state index contributed by atoms with van der Waals surface area (Å²) < 4.78 is 0. The summed E-state index contributed by atoms with van der Waals surface area (Å²) in [5, 5.41) is 0. The van der Waals surface area contributed by atoms with Crippen LogP contribution < -0.4 is 0 Å². The van der Waals surface area contributed by atoms with Crippen molar-refractivity contribution >= 4 is 6.08 Å². The van der Waals surface area contributed by atoms with E-state index >= 15 is 0 Å². The average molecular weight is 334 g/mol. The maximum atomic E-state index is 2.72. The number of piperidine rings is 1. The molecule has 2 heterocycles. The Labute approximate surface area is 152 Å². The van der Waals surface area contributed by atoms with Crippen LogP contribution in [0, 0.1) is 28.6 Å². The molecule has 0 spiro atoms. The molecule has 2 aliphatic carbocycles. The standard InChI is InChI=1S/C24H31N/c1-16(2)22(3)12-10-19-20(14-22)23(4)15-24(23,5)25-13-11-17-8-6-7-9-18(17)21(19)25/h6-13,16,19-21H,14-15H2,1-5H3. The molecule has 2 fully saturated rings. The van der Waals surface area contributed by atoms with Crippen molar-refractivity contribution in [1.29, 1.82) is 0 Å². The normalized spacial score (nSPS) is 46.3. The van der Waals surface area contributed by atoms with Crippen molar-refractivity contribution in [3.8, 4) is 0 Å². The van der Waals surface area contributed by atoms with Gasteiger partial charge in [-0.1, -0.05) is 64.1 Å². The predicted octanol–water partition coefficient (Wildman–Crippen LogP) is 6.05. The van der Waals surface area contributed by atoms with Crippen molar-refractivity contribution < 1.29 is 0 Å². The second-order valence-electron chi connectivity index (χ2n) is 10.1. The molecular formula is C24H31N. The molecule has 4 aliphatic rings. The highest BCUT2D eigenvalue weighted by Crippen LogP contribution is 2.74. The number of hydrogen-bond acceptors (Lipinski definition) is 1. The van der Waals surface area contributed by atoms with Crippen molar-refractivity contribution in [3.05, 3.63) is 53.7 Å². The lowest BCUT2D eigenvalue weighted by atomic mass is 9.57. The Morgan fingerprint density at radius 3 is 2.64 bits per heavy atom. The number of rotatable bonds is 1. The third-order valence-electron chi connectivity index (χ3n) is 8.74. The minimum atomic E-state index is 0.325. The Balaban J connectivity index is 1.66. The van der Waals surface area contributed by atoms with Crippen molar-refractivity contribution in [3.63, 3.8) is 0 Å². The topological polar surface area (TPSA) is 3.24 Å². The maximum Gasteiger partial charge on any atom is 0.0614 e. The van der Waals surface area contributed by atoms with Crippen LogP contribution >= 0.6 is 0 Å². The Morgan fingerprint density at radius 2 is 1.88 bits per heavy atom. The molecule has 1 saturated carbocycles. The fourth-order valence-electron chi connectivity index (χ4n) is 6.33. The smallest absolute Gasteiger partial charge is 0.0614 e. The van der Waals surface area contributed by atoms with Crippen LogP contribution in [0.3, 0.4) is 0 Å². The first-order chi connectivity index (χ1) is 11.8. The first-order valence-corrected chi connectivity index (χ1v) is 10.1. The Bertz CT molecular complexity index is 789.